The van der Waals surface area contributed by atoms with Crippen LogP contribution >= 0.6 is 7.60 Å². The molecule has 2 aliphatic rings. The van der Waals surface area contributed by atoms with Crippen LogP contribution < -0.4 is 9.05 Å². The number of hydrogen-bond acceptors (Lipinski definition) is 3. The van der Waals surface area contributed by atoms with E-state index in [1.165, 1.54) is 31.2 Å². The molecule has 2 aliphatic carbocycles. The van der Waals surface area contributed by atoms with Crippen molar-refractivity contribution in [2.45, 2.75) is 82.5 Å². The molecule has 0 aliphatic heterocycles. The molecule has 0 bridgehead atoms. The van der Waals surface area contributed by atoms with E-state index in [2.05, 4.69) is 0 Å². The monoisotopic (exact) mass is 498 g/mol. The largest absolute Gasteiger partial charge is 0.430 e. The quantitative estimate of drug-likeness (QED) is 0.283. The summed E-state index contributed by atoms with van der Waals surface area (Å²) in [6, 6.07) is 8.22. The molecule has 0 aromatic heterocycles. The van der Waals surface area contributed by atoms with Crippen LogP contribution in [-0.4, -0.2) is 18.5 Å². The maximum atomic E-state index is 14.8. The van der Waals surface area contributed by atoms with E-state index in [0.717, 1.165) is 25.7 Å². The van der Waals surface area contributed by atoms with Crippen LogP contribution in [0.15, 0.2) is 36.4 Å². The van der Waals surface area contributed by atoms with Gasteiger partial charge in [0.15, 0.2) is 23.1 Å². The minimum absolute atomic E-state index is 0.125. The molecule has 4 unspecified atom stereocenters. The van der Waals surface area contributed by atoms with E-state index in [9.17, 15) is 22.1 Å². The van der Waals surface area contributed by atoms with Gasteiger partial charge in [0.1, 0.15) is 12.3 Å². The second kappa shape index (κ2) is 10.7. The van der Waals surface area contributed by atoms with E-state index in [1.807, 2.05) is 0 Å². The average Bonchev–Trinajstić information content (AvgIpc) is 2.82. The Morgan fingerprint density at radius 1 is 0.765 bits per heavy atom. The molecule has 0 N–H and O–H groups in total. The van der Waals surface area contributed by atoms with Crippen molar-refractivity contribution in [2.24, 2.45) is 0 Å². The van der Waals surface area contributed by atoms with Gasteiger partial charge in [-0.15, -0.1) is 0 Å². The van der Waals surface area contributed by atoms with Crippen LogP contribution in [0.5, 0.6) is 11.5 Å². The van der Waals surface area contributed by atoms with Gasteiger partial charge in [-0.3, -0.25) is 0 Å². The highest BCUT2D eigenvalue weighted by Crippen LogP contribution is 2.50. The predicted octanol–water partition coefficient (Wildman–Crippen LogP) is 8.63. The Labute approximate surface area is 198 Å². The van der Waals surface area contributed by atoms with Gasteiger partial charge in [0.05, 0.1) is 6.16 Å². The van der Waals surface area contributed by atoms with Gasteiger partial charge in [0.25, 0.3) is 0 Å². The van der Waals surface area contributed by atoms with Crippen molar-refractivity contribution < 1.29 is 31.2 Å². The normalized spacial score (nSPS) is 27.1. The first kappa shape index (κ1) is 25.1. The minimum atomic E-state index is -3.94. The molecule has 0 amide bonds. The highest BCUT2D eigenvalue weighted by molar-refractivity contribution is 7.54. The second-order valence-corrected chi connectivity index (χ2v) is 11.5. The number of halogens is 4. The zero-order valence-corrected chi connectivity index (χ0v) is 20.2. The average molecular weight is 498 g/mol. The molecule has 2 fully saturated rings. The Bertz CT molecular complexity index is 969. The topological polar surface area (TPSA) is 35.5 Å². The van der Waals surface area contributed by atoms with Crippen molar-refractivity contribution in [3.8, 4) is 11.5 Å². The Hall–Kier alpha value is -2.01. The standard InChI is InChI=1S/C26H31F4O3P/c1-2-34(31,32-25-13-11-17(15-23(25)29)19-7-3-5-9-21(19)27)33-26-14-12-18(16-24(26)30)20-8-4-6-10-22(20)28/h11-16,19-22H,2-10H2,1H3. The van der Waals surface area contributed by atoms with Gasteiger partial charge < -0.3 is 9.05 Å². The summed E-state index contributed by atoms with van der Waals surface area (Å²) in [5, 5.41) is 0. The summed E-state index contributed by atoms with van der Waals surface area (Å²) in [5.74, 6) is -2.86. The van der Waals surface area contributed by atoms with Gasteiger partial charge in [-0.05, 0) is 61.1 Å². The minimum Gasteiger partial charge on any atom is -0.413 e. The maximum Gasteiger partial charge on any atom is 0.430 e. The van der Waals surface area contributed by atoms with Crippen LogP contribution in [-0.2, 0) is 4.57 Å². The highest BCUT2D eigenvalue weighted by atomic mass is 31.2. The molecule has 2 aromatic rings. The molecule has 4 rings (SSSR count). The third-order valence-corrected chi connectivity index (χ3v) is 8.72. The van der Waals surface area contributed by atoms with Crippen LogP contribution in [0.1, 0.15) is 81.3 Å². The summed E-state index contributed by atoms with van der Waals surface area (Å²) in [5.41, 5.74) is 1.08. The third-order valence-electron chi connectivity index (χ3n) is 6.99. The molecule has 0 spiro atoms. The fourth-order valence-electron chi connectivity index (χ4n) is 5.01. The van der Waals surface area contributed by atoms with Gasteiger partial charge in [-0.25, -0.2) is 22.1 Å². The van der Waals surface area contributed by atoms with Crippen LogP contribution in [0.25, 0.3) is 0 Å². The molecule has 0 saturated heterocycles. The summed E-state index contributed by atoms with van der Waals surface area (Å²) >= 11 is 0. The Kier molecular flexibility index (Phi) is 7.91. The molecule has 4 atom stereocenters. The molecule has 34 heavy (non-hydrogen) atoms. The summed E-state index contributed by atoms with van der Waals surface area (Å²) in [7, 11) is -3.94. The zero-order chi connectivity index (χ0) is 24.3. The van der Waals surface area contributed by atoms with Crippen LogP contribution in [0.2, 0.25) is 0 Å². The lowest BCUT2D eigenvalue weighted by molar-refractivity contribution is 0.216. The van der Waals surface area contributed by atoms with Crippen LogP contribution in [0.4, 0.5) is 17.6 Å². The predicted molar refractivity (Wildman–Crippen MR) is 124 cm³/mol. The first-order valence-corrected chi connectivity index (χ1v) is 13.9. The molecule has 186 valence electrons. The zero-order valence-electron chi connectivity index (χ0n) is 19.3. The molecule has 2 aromatic carbocycles. The van der Waals surface area contributed by atoms with Gasteiger partial charge in [0, 0.05) is 11.8 Å². The molecule has 2 saturated carbocycles. The van der Waals surface area contributed by atoms with Crippen molar-refractivity contribution in [3.63, 3.8) is 0 Å². The van der Waals surface area contributed by atoms with E-state index in [1.54, 1.807) is 12.1 Å². The summed E-state index contributed by atoms with van der Waals surface area (Å²) < 4.78 is 82.1. The Balaban J connectivity index is 1.49. The lowest BCUT2D eigenvalue weighted by Gasteiger charge is -2.27. The maximum absolute atomic E-state index is 14.8. The fraction of sp³-hybridized carbons (Fsp3) is 0.538. The molecule has 0 heterocycles. The van der Waals surface area contributed by atoms with E-state index < -0.39 is 31.6 Å². The van der Waals surface area contributed by atoms with Gasteiger partial charge >= 0.3 is 7.60 Å². The van der Waals surface area contributed by atoms with Gasteiger partial charge in [0.2, 0.25) is 0 Å². The molecule has 8 heteroatoms. The van der Waals surface area contributed by atoms with Crippen molar-refractivity contribution in [1.29, 1.82) is 0 Å². The third kappa shape index (κ3) is 5.62. The Morgan fingerprint density at radius 3 is 1.53 bits per heavy atom. The van der Waals surface area contributed by atoms with Crippen molar-refractivity contribution >= 4 is 7.60 Å². The highest BCUT2D eigenvalue weighted by Gasteiger charge is 2.31. The molecular formula is C26H31F4O3P. The van der Waals surface area contributed by atoms with E-state index in [0.29, 0.717) is 36.8 Å². The number of hydrogen-bond donors (Lipinski definition) is 0. The van der Waals surface area contributed by atoms with Crippen LogP contribution in [0.3, 0.4) is 0 Å². The van der Waals surface area contributed by atoms with Gasteiger partial charge in [-0.1, -0.05) is 44.7 Å². The van der Waals surface area contributed by atoms with E-state index in [-0.39, 0.29) is 29.5 Å². The summed E-state index contributed by atoms with van der Waals surface area (Å²) in [6.45, 7) is 1.53. The number of rotatable bonds is 7. The summed E-state index contributed by atoms with van der Waals surface area (Å²) in [6.07, 6.45) is 3.49. The van der Waals surface area contributed by atoms with Crippen molar-refractivity contribution in [2.75, 3.05) is 6.16 Å². The number of benzene rings is 2. The molecular weight excluding hydrogens is 467 g/mol. The lowest BCUT2D eigenvalue weighted by atomic mass is 9.82. The SMILES string of the molecule is CCP(=O)(Oc1ccc(C2CCCCC2F)cc1F)Oc1ccc(C2CCCCC2F)cc1F. The van der Waals surface area contributed by atoms with E-state index >= 15 is 0 Å². The fourth-order valence-corrected chi connectivity index (χ4v) is 6.20. The second-order valence-electron chi connectivity index (χ2n) is 9.30. The summed E-state index contributed by atoms with van der Waals surface area (Å²) in [4.78, 5) is 0. The first-order chi connectivity index (χ1) is 16.3. The first-order valence-electron chi connectivity index (χ1n) is 12.1. The van der Waals surface area contributed by atoms with Crippen molar-refractivity contribution in [3.05, 3.63) is 59.2 Å². The van der Waals surface area contributed by atoms with E-state index in [4.69, 9.17) is 9.05 Å². The Morgan fingerprint density at radius 2 is 1.18 bits per heavy atom. The van der Waals surface area contributed by atoms with Crippen molar-refractivity contribution in [1.82, 2.24) is 0 Å². The lowest BCUT2D eigenvalue weighted by Crippen LogP contribution is -2.19. The van der Waals surface area contributed by atoms with Gasteiger partial charge in [-0.2, -0.15) is 0 Å². The smallest absolute Gasteiger partial charge is 0.413 e. The molecule has 3 nitrogen and oxygen atoms in total. The molecule has 0 radical (unpaired) electrons. The number of alkyl halides is 2. The van der Waals surface area contributed by atoms with Crippen LogP contribution in [0, 0.1) is 11.6 Å².